The zero-order valence-electron chi connectivity index (χ0n) is 11.9. The van der Waals surface area contributed by atoms with Crippen LogP contribution >= 0.6 is 23.2 Å². The zero-order chi connectivity index (χ0) is 15.9. The summed E-state index contributed by atoms with van der Waals surface area (Å²) < 4.78 is 0. The number of nitrogens with one attached hydrogen (secondary N) is 1. The van der Waals surface area contributed by atoms with Gasteiger partial charge in [0.1, 0.15) is 0 Å². The van der Waals surface area contributed by atoms with E-state index in [-0.39, 0.29) is 5.91 Å². The van der Waals surface area contributed by atoms with E-state index in [0.717, 1.165) is 18.4 Å². The first kappa shape index (κ1) is 15.1. The molecule has 1 aromatic carbocycles. The number of nitrogens with zero attached hydrogens (tertiary/aromatic N) is 1. The second-order valence-electron chi connectivity index (χ2n) is 5.30. The van der Waals surface area contributed by atoms with Crippen molar-refractivity contribution in [2.45, 2.75) is 18.4 Å². The molecular formula is C16H14Cl2N2O2. The van der Waals surface area contributed by atoms with E-state index in [1.807, 2.05) is 18.2 Å². The van der Waals surface area contributed by atoms with E-state index in [1.165, 1.54) is 4.90 Å². The summed E-state index contributed by atoms with van der Waals surface area (Å²) in [5.74, 6) is -0.379. The van der Waals surface area contributed by atoms with Crippen LogP contribution in [0.5, 0.6) is 0 Å². The monoisotopic (exact) mass is 336 g/mol. The number of imide groups is 1. The smallest absolute Gasteiger partial charge is 0.305 e. The molecule has 1 heterocycles. The summed E-state index contributed by atoms with van der Waals surface area (Å²) in [5, 5.41) is 3.14. The Kier molecular flexibility index (Phi) is 3.75. The van der Waals surface area contributed by atoms with Gasteiger partial charge in [-0.3, -0.25) is 10.1 Å². The lowest BCUT2D eigenvalue weighted by Gasteiger charge is -2.35. The van der Waals surface area contributed by atoms with Crippen LogP contribution in [0.3, 0.4) is 0 Å². The largest absolute Gasteiger partial charge is 0.325 e. The highest BCUT2D eigenvalue weighted by Gasteiger charge is 2.54. The number of benzene rings is 1. The molecule has 1 fully saturated rings. The molecule has 0 bridgehead atoms. The van der Waals surface area contributed by atoms with Gasteiger partial charge in [0.25, 0.3) is 5.91 Å². The van der Waals surface area contributed by atoms with Crippen LogP contribution in [-0.2, 0) is 10.3 Å². The fraction of sp³-hybridized carbons (Fsp3) is 0.250. The molecule has 3 amide bonds. The quantitative estimate of drug-likeness (QED) is 0.838. The van der Waals surface area contributed by atoms with Crippen LogP contribution in [0.2, 0.25) is 10.0 Å². The summed E-state index contributed by atoms with van der Waals surface area (Å²) in [5.41, 5.74) is 0.177. The van der Waals surface area contributed by atoms with E-state index in [4.69, 9.17) is 23.2 Å². The summed E-state index contributed by atoms with van der Waals surface area (Å²) in [6.07, 6.45) is 7.61. The highest BCUT2D eigenvalue weighted by Crippen LogP contribution is 2.42. The van der Waals surface area contributed by atoms with Gasteiger partial charge >= 0.3 is 6.03 Å². The fourth-order valence-corrected chi connectivity index (χ4v) is 3.29. The summed E-state index contributed by atoms with van der Waals surface area (Å²) in [6.45, 7) is 0. The molecule has 0 aromatic heterocycles. The van der Waals surface area contributed by atoms with E-state index in [9.17, 15) is 9.59 Å². The minimum Gasteiger partial charge on any atom is -0.305 e. The molecule has 22 heavy (non-hydrogen) atoms. The molecule has 1 saturated heterocycles. The van der Waals surface area contributed by atoms with Gasteiger partial charge in [-0.25, -0.2) is 4.79 Å². The Morgan fingerprint density at radius 2 is 1.95 bits per heavy atom. The molecule has 1 aliphatic heterocycles. The van der Waals surface area contributed by atoms with Crippen LogP contribution in [0.4, 0.5) is 4.79 Å². The molecule has 0 spiro atoms. The number of hydrogen-bond acceptors (Lipinski definition) is 2. The van der Waals surface area contributed by atoms with E-state index < -0.39 is 11.6 Å². The lowest BCUT2D eigenvalue weighted by molar-refractivity contribution is -0.124. The number of carbonyl (C=O) groups is 2. The summed E-state index contributed by atoms with van der Waals surface area (Å²) in [7, 11) is 1.60. The summed E-state index contributed by atoms with van der Waals surface area (Å²) in [6, 6.07) is 4.57. The average molecular weight is 337 g/mol. The third-order valence-corrected chi connectivity index (χ3v) is 4.85. The van der Waals surface area contributed by atoms with Gasteiger partial charge in [-0.2, -0.15) is 0 Å². The molecule has 1 unspecified atom stereocenters. The van der Waals surface area contributed by atoms with E-state index in [1.54, 1.807) is 25.2 Å². The second-order valence-corrected chi connectivity index (χ2v) is 6.11. The number of allylic oxidation sites excluding steroid dienone is 2. The van der Waals surface area contributed by atoms with Gasteiger partial charge in [0.2, 0.25) is 0 Å². The standard InChI is InChI=1S/C16H14Cl2N2O2/c1-20-15(22)19-14(21)16(20,10-5-3-2-4-6-10)11-7-8-12(17)13(18)9-11/h3,5-9H,2,4H2,1H3,(H,19,21,22). The van der Waals surface area contributed by atoms with Crippen LogP contribution in [0.1, 0.15) is 18.4 Å². The van der Waals surface area contributed by atoms with Crippen molar-refractivity contribution in [3.8, 4) is 0 Å². The molecule has 1 aliphatic carbocycles. The maximum absolute atomic E-state index is 12.7. The van der Waals surface area contributed by atoms with Gasteiger partial charge in [0.15, 0.2) is 5.54 Å². The van der Waals surface area contributed by atoms with Gasteiger partial charge < -0.3 is 4.90 Å². The molecule has 1 atom stereocenters. The molecule has 3 rings (SSSR count). The van der Waals surface area contributed by atoms with Gasteiger partial charge in [-0.1, -0.05) is 47.5 Å². The molecule has 114 valence electrons. The highest BCUT2D eigenvalue weighted by atomic mass is 35.5. The zero-order valence-corrected chi connectivity index (χ0v) is 13.4. The van der Waals surface area contributed by atoms with Gasteiger partial charge in [0.05, 0.1) is 10.0 Å². The van der Waals surface area contributed by atoms with Crippen molar-refractivity contribution in [1.82, 2.24) is 10.2 Å². The number of rotatable bonds is 2. The van der Waals surface area contributed by atoms with Crippen molar-refractivity contribution < 1.29 is 9.59 Å². The Morgan fingerprint density at radius 1 is 1.18 bits per heavy atom. The number of amides is 3. The Hall–Kier alpha value is -1.78. The summed E-state index contributed by atoms with van der Waals surface area (Å²) >= 11 is 12.1. The molecule has 0 saturated carbocycles. The van der Waals surface area contributed by atoms with Crippen molar-refractivity contribution >= 4 is 35.1 Å². The van der Waals surface area contributed by atoms with Crippen LogP contribution in [0.15, 0.2) is 42.0 Å². The van der Waals surface area contributed by atoms with Crippen molar-refractivity contribution in [1.29, 1.82) is 0 Å². The number of halogens is 2. The Morgan fingerprint density at radius 3 is 2.50 bits per heavy atom. The van der Waals surface area contributed by atoms with Crippen LogP contribution in [0.25, 0.3) is 0 Å². The van der Waals surface area contributed by atoms with Gasteiger partial charge in [0, 0.05) is 7.05 Å². The minimum atomic E-state index is -1.21. The number of likely N-dealkylation sites (N-methyl/N-ethyl adjacent to an activating group) is 1. The number of carbonyl (C=O) groups excluding carboxylic acids is 2. The average Bonchev–Trinajstić information content (AvgIpc) is 2.74. The lowest BCUT2D eigenvalue weighted by Crippen LogP contribution is -2.46. The third-order valence-electron chi connectivity index (χ3n) is 4.11. The number of hydrogen-bond donors (Lipinski definition) is 1. The van der Waals surface area contributed by atoms with Crippen molar-refractivity contribution in [2.24, 2.45) is 0 Å². The van der Waals surface area contributed by atoms with Crippen molar-refractivity contribution in [2.75, 3.05) is 7.05 Å². The maximum atomic E-state index is 12.7. The predicted molar refractivity (Wildman–Crippen MR) is 85.9 cm³/mol. The minimum absolute atomic E-state index is 0.347. The van der Waals surface area contributed by atoms with E-state index >= 15 is 0 Å². The first-order valence-corrected chi connectivity index (χ1v) is 7.65. The summed E-state index contributed by atoms with van der Waals surface area (Å²) in [4.78, 5) is 26.2. The second kappa shape index (κ2) is 5.45. The molecular weight excluding hydrogens is 323 g/mol. The molecule has 1 aromatic rings. The van der Waals surface area contributed by atoms with Crippen LogP contribution < -0.4 is 5.32 Å². The third kappa shape index (κ3) is 2.06. The normalized spacial score (nSPS) is 24.5. The van der Waals surface area contributed by atoms with E-state index in [0.29, 0.717) is 15.6 Å². The molecule has 6 heteroatoms. The lowest BCUT2D eigenvalue weighted by atomic mass is 9.79. The van der Waals surface area contributed by atoms with Crippen LogP contribution in [-0.4, -0.2) is 23.9 Å². The fourth-order valence-electron chi connectivity index (χ4n) is 3.00. The molecule has 2 aliphatic rings. The predicted octanol–water partition coefficient (Wildman–Crippen LogP) is 3.65. The van der Waals surface area contributed by atoms with Crippen molar-refractivity contribution in [3.05, 3.63) is 57.6 Å². The van der Waals surface area contributed by atoms with E-state index in [2.05, 4.69) is 5.32 Å². The molecule has 4 nitrogen and oxygen atoms in total. The highest BCUT2D eigenvalue weighted by molar-refractivity contribution is 6.42. The SMILES string of the molecule is CN1C(=O)NC(=O)C1(C1=CCCC=C1)c1ccc(Cl)c(Cl)c1. The maximum Gasteiger partial charge on any atom is 0.325 e. The molecule has 0 radical (unpaired) electrons. The molecule has 1 N–H and O–H groups in total. The Labute approximate surface area is 138 Å². The Balaban J connectivity index is 2.25. The first-order valence-electron chi connectivity index (χ1n) is 6.90. The van der Waals surface area contributed by atoms with Crippen LogP contribution in [0, 0.1) is 0 Å². The number of urea groups is 1. The van der Waals surface area contributed by atoms with Gasteiger partial charge in [-0.15, -0.1) is 0 Å². The topological polar surface area (TPSA) is 49.4 Å². The Bertz CT molecular complexity index is 727. The first-order chi connectivity index (χ1) is 10.5. The van der Waals surface area contributed by atoms with Crippen molar-refractivity contribution in [3.63, 3.8) is 0 Å². The van der Waals surface area contributed by atoms with Gasteiger partial charge in [-0.05, 0) is 36.1 Å².